The van der Waals surface area contributed by atoms with Crippen LogP contribution in [0.2, 0.25) is 0 Å². The van der Waals surface area contributed by atoms with Gasteiger partial charge in [0, 0.05) is 65.0 Å². The summed E-state index contributed by atoms with van der Waals surface area (Å²) in [5.74, 6) is 0. The van der Waals surface area contributed by atoms with Crippen molar-refractivity contribution >= 4 is 34.2 Å². The maximum Gasteiger partial charge on any atom is 0.0483 e. The van der Waals surface area contributed by atoms with Crippen LogP contribution in [-0.4, -0.2) is 18.2 Å². The number of nitrogens with two attached hydrogens (primary N) is 1. The van der Waals surface area contributed by atoms with Gasteiger partial charge in [0.1, 0.15) is 0 Å². The topological polar surface area (TPSA) is 46.2 Å². The van der Waals surface area contributed by atoms with Crippen LogP contribution in [0.5, 0.6) is 0 Å². The highest BCUT2D eigenvalue weighted by Crippen LogP contribution is 2.35. The molecule has 0 saturated heterocycles. The average molecular weight is 367 g/mol. The Labute approximate surface area is 159 Å². The predicted octanol–water partition coefficient (Wildman–Crippen LogP) is 4.11. The van der Waals surface area contributed by atoms with E-state index in [1.54, 1.807) is 11.9 Å². The molecule has 0 bridgehead atoms. The van der Waals surface area contributed by atoms with Crippen LogP contribution in [0.25, 0.3) is 10.9 Å². The van der Waals surface area contributed by atoms with E-state index in [-0.39, 0.29) is 0 Å². The Balaban J connectivity index is 1.73. The number of anilines is 2. The van der Waals surface area contributed by atoms with Crippen LogP contribution < -0.4 is 15.4 Å². The molecule has 136 valence electrons. The molecule has 0 unspecified atom stereocenters. The molecule has 3 N–H and O–H groups in total. The Kier molecular flexibility index (Phi) is 4.59. The Morgan fingerprint density at radius 1 is 1.19 bits per heavy atom. The second-order valence-electron chi connectivity index (χ2n) is 6.89. The number of benzene rings is 2. The molecule has 1 aliphatic heterocycles. The largest absolute Gasteiger partial charge is 0.398 e. The zero-order chi connectivity index (χ0) is 18.3. The molecule has 26 heavy (non-hydrogen) atoms. The second-order valence-corrected chi connectivity index (χ2v) is 7.94. The van der Waals surface area contributed by atoms with Crippen LogP contribution in [0, 0.1) is 0 Å². The average Bonchev–Trinajstić information content (AvgIpc) is 2.95. The fourth-order valence-corrected chi connectivity index (χ4v) is 4.57. The lowest BCUT2D eigenvalue weighted by Gasteiger charge is -2.30. The number of rotatable bonds is 4. The molecule has 2 aromatic carbocycles. The molecule has 0 atom stereocenters. The minimum absolute atomic E-state index is 0.823. The number of nitrogens with one attached hydrogen (secondary N) is 1. The summed E-state index contributed by atoms with van der Waals surface area (Å²) in [4.78, 5) is 3.56. The van der Waals surface area contributed by atoms with Gasteiger partial charge in [0.15, 0.2) is 0 Å². The Hall–Kier alpha value is -2.11. The standard InChI is InChI=1S/C21H26N4S/c1-4-14-5-8-19-16(11-14)17-13-25(10-9-20(17)24(19)3)15-6-7-18(22)21(12-15)26-23-2/h5-8,11-12,23H,4,9-10,13,22H2,1-3H3. The van der Waals surface area contributed by atoms with Crippen molar-refractivity contribution in [2.45, 2.75) is 31.2 Å². The SMILES string of the molecule is CCc1ccc2c(c1)c1c(n2C)CCN(c2ccc(N)c(SNC)c2)C1. The monoisotopic (exact) mass is 366 g/mol. The number of nitrogens with zero attached hydrogens (tertiary/aromatic N) is 2. The van der Waals surface area contributed by atoms with Crippen molar-refractivity contribution in [1.29, 1.82) is 0 Å². The van der Waals surface area contributed by atoms with Crippen molar-refractivity contribution in [1.82, 2.24) is 9.29 Å². The Morgan fingerprint density at radius 2 is 2.04 bits per heavy atom. The van der Waals surface area contributed by atoms with Crippen LogP contribution in [0.1, 0.15) is 23.7 Å². The van der Waals surface area contributed by atoms with E-state index in [2.05, 4.69) is 58.5 Å². The first-order valence-corrected chi connectivity index (χ1v) is 10.0. The molecule has 3 aromatic rings. The first-order valence-electron chi connectivity index (χ1n) is 9.19. The van der Waals surface area contributed by atoms with Crippen LogP contribution in [0.15, 0.2) is 41.3 Å². The third-order valence-electron chi connectivity index (χ3n) is 5.45. The number of aryl methyl sites for hydroxylation is 2. The molecule has 0 spiro atoms. The van der Waals surface area contributed by atoms with Crippen molar-refractivity contribution in [2.24, 2.45) is 7.05 Å². The van der Waals surface area contributed by atoms with Gasteiger partial charge in [-0.3, -0.25) is 4.72 Å². The zero-order valence-corrected chi connectivity index (χ0v) is 16.5. The first kappa shape index (κ1) is 17.3. The Morgan fingerprint density at radius 3 is 2.81 bits per heavy atom. The van der Waals surface area contributed by atoms with Gasteiger partial charge in [0.2, 0.25) is 0 Å². The van der Waals surface area contributed by atoms with Crippen molar-refractivity contribution in [3.63, 3.8) is 0 Å². The highest BCUT2D eigenvalue weighted by molar-refractivity contribution is 7.97. The molecule has 0 radical (unpaired) electrons. The molecular weight excluding hydrogens is 340 g/mol. The summed E-state index contributed by atoms with van der Waals surface area (Å²) in [6.07, 6.45) is 2.15. The lowest BCUT2D eigenvalue weighted by molar-refractivity contribution is 0.694. The van der Waals surface area contributed by atoms with Crippen LogP contribution in [0.4, 0.5) is 11.4 Å². The maximum atomic E-state index is 6.11. The van der Waals surface area contributed by atoms with Crippen molar-refractivity contribution in [3.05, 3.63) is 53.2 Å². The van der Waals surface area contributed by atoms with Gasteiger partial charge in [-0.15, -0.1) is 0 Å². The second kappa shape index (κ2) is 6.89. The predicted molar refractivity (Wildman–Crippen MR) is 113 cm³/mol. The third kappa shape index (κ3) is 2.85. The van der Waals surface area contributed by atoms with Crippen molar-refractivity contribution < 1.29 is 0 Å². The fourth-order valence-electron chi connectivity index (χ4n) is 3.98. The summed E-state index contributed by atoms with van der Waals surface area (Å²) in [6, 6.07) is 13.3. The van der Waals surface area contributed by atoms with E-state index in [0.29, 0.717) is 0 Å². The van der Waals surface area contributed by atoms with Gasteiger partial charge in [-0.2, -0.15) is 0 Å². The molecule has 0 amide bonds. The van der Waals surface area contributed by atoms with Gasteiger partial charge in [-0.1, -0.05) is 13.0 Å². The smallest absolute Gasteiger partial charge is 0.0483 e. The molecule has 4 rings (SSSR count). The number of aromatic nitrogens is 1. The number of nitrogen functional groups attached to an aromatic ring is 1. The van der Waals surface area contributed by atoms with Crippen molar-refractivity contribution in [3.8, 4) is 0 Å². The van der Waals surface area contributed by atoms with E-state index in [9.17, 15) is 0 Å². The lowest BCUT2D eigenvalue weighted by atomic mass is 10.0. The van der Waals surface area contributed by atoms with E-state index in [0.717, 1.165) is 36.5 Å². The molecular formula is C21H26N4S. The van der Waals surface area contributed by atoms with E-state index >= 15 is 0 Å². The summed E-state index contributed by atoms with van der Waals surface area (Å²) >= 11 is 1.57. The number of hydrogen-bond donors (Lipinski definition) is 2. The highest BCUT2D eigenvalue weighted by Gasteiger charge is 2.23. The van der Waals surface area contributed by atoms with Gasteiger partial charge in [-0.25, -0.2) is 0 Å². The first-order chi connectivity index (χ1) is 12.6. The van der Waals surface area contributed by atoms with Crippen LogP contribution in [0.3, 0.4) is 0 Å². The minimum Gasteiger partial charge on any atom is -0.398 e. The molecule has 1 aromatic heterocycles. The molecule has 0 fully saturated rings. The number of fused-ring (bicyclic) bond motifs is 3. The van der Waals surface area contributed by atoms with E-state index in [4.69, 9.17) is 5.73 Å². The van der Waals surface area contributed by atoms with E-state index in [1.807, 2.05) is 13.1 Å². The van der Waals surface area contributed by atoms with E-state index < -0.39 is 0 Å². The van der Waals surface area contributed by atoms with Gasteiger partial charge in [0.25, 0.3) is 0 Å². The molecule has 0 aliphatic carbocycles. The maximum absolute atomic E-state index is 6.11. The van der Waals surface area contributed by atoms with Gasteiger partial charge in [-0.05, 0) is 61.3 Å². The van der Waals surface area contributed by atoms with E-state index in [1.165, 1.54) is 33.4 Å². The lowest BCUT2D eigenvalue weighted by Crippen LogP contribution is -2.30. The molecule has 1 aliphatic rings. The quantitative estimate of drug-likeness (QED) is 0.539. The van der Waals surface area contributed by atoms with Gasteiger partial charge < -0.3 is 15.2 Å². The molecule has 2 heterocycles. The van der Waals surface area contributed by atoms with Crippen LogP contribution >= 0.6 is 11.9 Å². The Bertz CT molecular complexity index is 960. The summed E-state index contributed by atoms with van der Waals surface area (Å²) < 4.78 is 5.51. The normalized spacial score (nSPS) is 14.0. The summed E-state index contributed by atoms with van der Waals surface area (Å²) in [5.41, 5.74) is 13.9. The van der Waals surface area contributed by atoms with Crippen molar-refractivity contribution in [2.75, 3.05) is 24.2 Å². The molecule has 0 saturated carbocycles. The third-order valence-corrected chi connectivity index (χ3v) is 6.23. The zero-order valence-electron chi connectivity index (χ0n) is 15.7. The number of hydrogen-bond acceptors (Lipinski definition) is 4. The van der Waals surface area contributed by atoms with Gasteiger partial charge >= 0.3 is 0 Å². The summed E-state index contributed by atoms with van der Waals surface area (Å²) in [5, 5.41) is 1.41. The summed E-state index contributed by atoms with van der Waals surface area (Å²) in [7, 11) is 4.12. The van der Waals surface area contributed by atoms with Crippen LogP contribution in [-0.2, 0) is 26.4 Å². The minimum atomic E-state index is 0.823. The summed E-state index contributed by atoms with van der Waals surface area (Å²) in [6.45, 7) is 4.21. The fraction of sp³-hybridized carbons (Fsp3) is 0.333. The molecule has 4 nitrogen and oxygen atoms in total. The highest BCUT2D eigenvalue weighted by atomic mass is 32.2. The van der Waals surface area contributed by atoms with Gasteiger partial charge in [0.05, 0.1) is 0 Å². The molecule has 5 heteroatoms.